The highest BCUT2D eigenvalue weighted by Gasteiger charge is 2.35. The van der Waals surface area contributed by atoms with E-state index in [1.54, 1.807) is 6.07 Å². The zero-order chi connectivity index (χ0) is 27.0. The Kier molecular flexibility index (Phi) is 7.06. The Morgan fingerprint density at radius 2 is 1.84 bits per heavy atom. The van der Waals surface area contributed by atoms with Gasteiger partial charge in [-0.2, -0.15) is 0 Å². The molecule has 1 amide bonds. The molecule has 1 saturated heterocycles. The number of sulfonamides is 1. The predicted molar refractivity (Wildman–Crippen MR) is 147 cm³/mol. The molecule has 38 heavy (non-hydrogen) atoms. The molecule has 200 valence electrons. The first-order valence-electron chi connectivity index (χ1n) is 12.7. The van der Waals surface area contributed by atoms with Gasteiger partial charge in [0.25, 0.3) is 5.91 Å². The fourth-order valence-corrected chi connectivity index (χ4v) is 5.92. The van der Waals surface area contributed by atoms with Gasteiger partial charge in [-0.15, -0.1) is 0 Å². The monoisotopic (exact) mass is 535 g/mol. The molecule has 1 aromatic carbocycles. The maximum atomic E-state index is 13.2. The van der Waals surface area contributed by atoms with Gasteiger partial charge in [0.05, 0.1) is 11.9 Å². The molecule has 5 rings (SSSR count). The molecule has 1 fully saturated rings. The number of carbonyl (C=O) groups excluding carboxylic acids is 1. The highest BCUT2D eigenvalue weighted by Crippen LogP contribution is 2.31. The second-order valence-electron chi connectivity index (χ2n) is 10.4. The van der Waals surface area contributed by atoms with Crippen molar-refractivity contribution in [3.8, 4) is 0 Å². The van der Waals surface area contributed by atoms with Gasteiger partial charge in [-0.05, 0) is 69.0 Å². The van der Waals surface area contributed by atoms with Gasteiger partial charge in [0.1, 0.15) is 5.82 Å². The summed E-state index contributed by atoms with van der Waals surface area (Å²) < 4.78 is 25.4. The number of fused-ring (bicyclic) bond motifs is 1. The number of benzene rings is 1. The molecule has 11 heteroatoms. The topological polar surface area (TPSA) is 120 Å². The van der Waals surface area contributed by atoms with Crippen LogP contribution in [0, 0.1) is 13.8 Å². The minimum Gasteiger partial charge on any atom is -0.336 e. The van der Waals surface area contributed by atoms with Crippen LogP contribution in [0.3, 0.4) is 0 Å². The number of nitrogens with zero attached hydrogens (tertiary/aromatic N) is 5. The summed E-state index contributed by atoms with van der Waals surface area (Å²) in [5.41, 5.74) is 5.97. The van der Waals surface area contributed by atoms with Crippen molar-refractivity contribution < 1.29 is 13.2 Å². The number of carbonyl (C=O) groups is 1. The summed E-state index contributed by atoms with van der Waals surface area (Å²) in [4.78, 5) is 30.9. The molecule has 2 aromatic heterocycles. The van der Waals surface area contributed by atoms with E-state index < -0.39 is 10.0 Å². The molecule has 2 N–H and O–H groups in total. The van der Waals surface area contributed by atoms with Crippen molar-refractivity contribution >= 4 is 33.4 Å². The van der Waals surface area contributed by atoms with Crippen LogP contribution < -0.4 is 10.0 Å². The van der Waals surface area contributed by atoms with Gasteiger partial charge in [0, 0.05) is 60.9 Å². The van der Waals surface area contributed by atoms with E-state index in [0.717, 1.165) is 49.1 Å². The van der Waals surface area contributed by atoms with E-state index >= 15 is 0 Å². The molecule has 0 saturated carbocycles. The lowest BCUT2D eigenvalue weighted by Crippen LogP contribution is -2.50. The smallest absolute Gasteiger partial charge is 0.254 e. The number of piperidine rings is 1. The van der Waals surface area contributed by atoms with Crippen LogP contribution in [0.25, 0.3) is 0 Å². The Hall–Kier alpha value is -3.57. The van der Waals surface area contributed by atoms with E-state index in [1.807, 2.05) is 11.1 Å². The van der Waals surface area contributed by atoms with Crippen LogP contribution in [0.2, 0.25) is 0 Å². The van der Waals surface area contributed by atoms with Crippen LogP contribution in [0.4, 0.5) is 17.5 Å². The Balaban J connectivity index is 1.21. The highest BCUT2D eigenvalue weighted by atomic mass is 32.2. The number of nitrogens with one attached hydrogen (secondary N) is 2. The van der Waals surface area contributed by atoms with Crippen molar-refractivity contribution in [1.29, 1.82) is 0 Å². The molecule has 0 bridgehead atoms. The second-order valence-corrected chi connectivity index (χ2v) is 12.2. The Bertz CT molecular complexity index is 1460. The molecule has 0 aliphatic carbocycles. The van der Waals surface area contributed by atoms with Crippen molar-refractivity contribution in [1.82, 2.24) is 24.8 Å². The second kappa shape index (κ2) is 10.3. The fraction of sp³-hybridized carbons (Fsp3) is 0.407. The standard InChI is InChI=1S/C27H33N7O3S/c1-17-9-18(2)11-22(10-17)30-27-29-14-21-15-33(16-24(21)31-27)23-6-8-34(19(3)12-23)26(35)20-5-7-28-25(13-20)32-38(4,36)37/h5,7,9-11,13-14,19,23H,6,8,12,15-16H2,1-4H3,(H,28,32)(H,29,30,31)/t19-,23-/m1/s1. The summed E-state index contributed by atoms with van der Waals surface area (Å²) in [5, 5.41) is 3.34. The number of pyridine rings is 1. The van der Waals surface area contributed by atoms with Gasteiger partial charge in [-0.25, -0.2) is 23.4 Å². The van der Waals surface area contributed by atoms with E-state index in [2.05, 4.69) is 63.9 Å². The summed E-state index contributed by atoms with van der Waals surface area (Å²) in [7, 11) is -3.47. The Morgan fingerprint density at radius 1 is 1.08 bits per heavy atom. The lowest BCUT2D eigenvalue weighted by atomic mass is 9.96. The normalized spacial score (nSPS) is 19.7. The van der Waals surface area contributed by atoms with Crippen LogP contribution in [0.5, 0.6) is 0 Å². The van der Waals surface area contributed by atoms with Crippen molar-refractivity contribution in [2.45, 2.75) is 58.8 Å². The molecule has 0 spiro atoms. The van der Waals surface area contributed by atoms with E-state index in [9.17, 15) is 13.2 Å². The maximum Gasteiger partial charge on any atom is 0.254 e. The van der Waals surface area contributed by atoms with Gasteiger partial charge >= 0.3 is 0 Å². The first-order valence-corrected chi connectivity index (χ1v) is 14.6. The lowest BCUT2D eigenvalue weighted by molar-refractivity contribution is 0.0460. The predicted octanol–water partition coefficient (Wildman–Crippen LogP) is 3.61. The number of hydrogen-bond donors (Lipinski definition) is 2. The number of aromatic nitrogens is 3. The van der Waals surface area contributed by atoms with Gasteiger partial charge in [0.2, 0.25) is 16.0 Å². The van der Waals surface area contributed by atoms with E-state index in [0.29, 0.717) is 24.1 Å². The number of anilines is 3. The average molecular weight is 536 g/mol. The number of likely N-dealkylation sites (tertiary alicyclic amines) is 1. The molecule has 2 aliphatic heterocycles. The quantitative estimate of drug-likeness (QED) is 0.491. The summed E-state index contributed by atoms with van der Waals surface area (Å²) in [6, 6.07) is 9.78. The molecular formula is C27H33N7O3S. The zero-order valence-electron chi connectivity index (χ0n) is 22.1. The van der Waals surface area contributed by atoms with E-state index in [4.69, 9.17) is 4.98 Å². The van der Waals surface area contributed by atoms with Crippen molar-refractivity contribution in [2.75, 3.05) is 22.8 Å². The minimum absolute atomic E-state index is 0.0392. The average Bonchev–Trinajstić information content (AvgIpc) is 3.25. The van der Waals surface area contributed by atoms with E-state index in [1.165, 1.54) is 23.4 Å². The number of hydrogen-bond acceptors (Lipinski definition) is 8. The molecule has 4 heterocycles. The van der Waals surface area contributed by atoms with E-state index in [-0.39, 0.29) is 17.8 Å². The summed E-state index contributed by atoms with van der Waals surface area (Å²) in [5.74, 6) is 0.627. The van der Waals surface area contributed by atoms with Crippen LogP contribution in [0.1, 0.15) is 52.5 Å². The third-order valence-corrected chi connectivity index (χ3v) is 7.66. The van der Waals surface area contributed by atoms with Gasteiger partial charge in [-0.3, -0.25) is 14.4 Å². The van der Waals surface area contributed by atoms with Gasteiger partial charge in [0.15, 0.2) is 0 Å². The Morgan fingerprint density at radius 3 is 2.55 bits per heavy atom. The Labute approximate surface area is 223 Å². The largest absolute Gasteiger partial charge is 0.336 e. The summed E-state index contributed by atoms with van der Waals surface area (Å²) >= 11 is 0. The first kappa shape index (κ1) is 26.1. The fourth-order valence-electron chi connectivity index (χ4n) is 5.43. The van der Waals surface area contributed by atoms with Crippen LogP contribution in [0.15, 0.2) is 42.7 Å². The maximum absolute atomic E-state index is 13.2. The third-order valence-electron chi connectivity index (χ3n) is 7.08. The van der Waals surface area contributed by atoms with Crippen LogP contribution in [-0.2, 0) is 23.1 Å². The SMILES string of the molecule is Cc1cc(C)cc(Nc2ncc3c(n2)CN([C@@H]2CCN(C(=O)c4ccnc(NS(C)(=O)=O)c4)[C@H](C)C2)C3)c1. The molecule has 0 unspecified atom stereocenters. The molecule has 2 aliphatic rings. The van der Waals surface area contributed by atoms with Crippen molar-refractivity contribution in [3.05, 3.63) is 70.7 Å². The lowest BCUT2D eigenvalue weighted by Gasteiger charge is -2.41. The molecular weight excluding hydrogens is 502 g/mol. The van der Waals surface area contributed by atoms with Gasteiger partial charge < -0.3 is 10.2 Å². The third kappa shape index (κ3) is 5.94. The molecule has 0 radical (unpaired) electrons. The van der Waals surface area contributed by atoms with Crippen molar-refractivity contribution in [2.24, 2.45) is 0 Å². The van der Waals surface area contributed by atoms with Gasteiger partial charge in [-0.1, -0.05) is 6.07 Å². The molecule has 3 aromatic rings. The summed E-state index contributed by atoms with van der Waals surface area (Å²) in [6.07, 6.45) is 6.12. The summed E-state index contributed by atoms with van der Waals surface area (Å²) in [6.45, 7) is 8.40. The number of aryl methyl sites for hydroxylation is 2. The zero-order valence-corrected chi connectivity index (χ0v) is 22.9. The first-order chi connectivity index (χ1) is 18.0. The van der Waals surface area contributed by atoms with Crippen LogP contribution in [-0.4, -0.2) is 64.0 Å². The number of amides is 1. The highest BCUT2D eigenvalue weighted by molar-refractivity contribution is 7.92. The molecule has 10 nitrogen and oxygen atoms in total. The minimum atomic E-state index is -3.47. The number of rotatable bonds is 6. The van der Waals surface area contributed by atoms with Crippen LogP contribution >= 0.6 is 0 Å². The molecule has 2 atom stereocenters. The van der Waals surface area contributed by atoms with Crippen molar-refractivity contribution in [3.63, 3.8) is 0 Å².